The molecule has 0 saturated carbocycles. The maximum atomic E-state index is 12.3. The molecule has 2 atom stereocenters. The van der Waals surface area contributed by atoms with E-state index in [9.17, 15) is 13.2 Å². The van der Waals surface area contributed by atoms with Crippen LogP contribution < -0.4 is 5.32 Å². The van der Waals surface area contributed by atoms with Gasteiger partial charge in [0.15, 0.2) is 0 Å². The van der Waals surface area contributed by atoms with Crippen LogP contribution in [0.3, 0.4) is 0 Å². The van der Waals surface area contributed by atoms with Gasteiger partial charge in [0.05, 0.1) is 6.54 Å². The third kappa shape index (κ3) is 3.83. The van der Waals surface area contributed by atoms with Gasteiger partial charge in [0.25, 0.3) is 0 Å². The van der Waals surface area contributed by atoms with Gasteiger partial charge in [-0.25, -0.2) is 0 Å². The average Bonchev–Trinajstić information content (AvgIpc) is 2.29. The molecule has 0 bridgehead atoms. The Morgan fingerprint density at radius 3 is 2.39 bits per heavy atom. The Morgan fingerprint density at radius 2 is 1.83 bits per heavy atom. The van der Waals surface area contributed by atoms with Crippen molar-refractivity contribution >= 4 is 0 Å². The van der Waals surface area contributed by atoms with Crippen molar-refractivity contribution in [1.29, 1.82) is 0 Å². The zero-order valence-corrected chi connectivity index (χ0v) is 10.8. The number of hydrogen-bond donors (Lipinski definition) is 1. The van der Waals surface area contributed by atoms with E-state index in [1.807, 2.05) is 0 Å². The second-order valence-corrected chi connectivity index (χ2v) is 5.46. The Balaban J connectivity index is 1.79. The van der Waals surface area contributed by atoms with E-state index in [4.69, 9.17) is 0 Å². The summed E-state index contributed by atoms with van der Waals surface area (Å²) in [6.45, 7) is 6.09. The SMILES string of the molecule is CC1CCNCC1N1CCN(CC(F)(F)F)CC1. The zero-order chi connectivity index (χ0) is 13.2. The van der Waals surface area contributed by atoms with Crippen LogP contribution >= 0.6 is 0 Å². The normalized spacial score (nSPS) is 32.7. The molecule has 6 heteroatoms. The first-order chi connectivity index (χ1) is 8.46. The van der Waals surface area contributed by atoms with E-state index in [2.05, 4.69) is 17.1 Å². The first kappa shape index (κ1) is 14.1. The molecule has 0 spiro atoms. The van der Waals surface area contributed by atoms with Crippen LogP contribution in [-0.4, -0.2) is 67.8 Å². The number of piperidine rings is 1. The number of nitrogens with one attached hydrogen (secondary N) is 1. The average molecular weight is 265 g/mol. The van der Waals surface area contributed by atoms with E-state index < -0.39 is 12.7 Å². The minimum atomic E-state index is -4.07. The number of hydrogen-bond acceptors (Lipinski definition) is 3. The molecule has 18 heavy (non-hydrogen) atoms. The van der Waals surface area contributed by atoms with E-state index in [0.717, 1.165) is 32.6 Å². The first-order valence-corrected chi connectivity index (χ1v) is 6.69. The fourth-order valence-corrected chi connectivity index (χ4v) is 2.97. The van der Waals surface area contributed by atoms with Crippen LogP contribution in [0, 0.1) is 5.92 Å². The number of nitrogens with zero attached hydrogens (tertiary/aromatic N) is 2. The van der Waals surface area contributed by atoms with E-state index in [0.29, 0.717) is 25.0 Å². The van der Waals surface area contributed by atoms with Gasteiger partial charge in [-0.3, -0.25) is 9.80 Å². The molecule has 0 aromatic rings. The van der Waals surface area contributed by atoms with Gasteiger partial charge in [-0.15, -0.1) is 0 Å². The van der Waals surface area contributed by atoms with Crippen LogP contribution in [0.4, 0.5) is 13.2 Å². The fourth-order valence-electron chi connectivity index (χ4n) is 2.97. The largest absolute Gasteiger partial charge is 0.401 e. The van der Waals surface area contributed by atoms with Gasteiger partial charge >= 0.3 is 6.18 Å². The minimum Gasteiger partial charge on any atom is -0.315 e. The molecule has 2 saturated heterocycles. The Kier molecular flexibility index (Phi) is 4.50. The van der Waals surface area contributed by atoms with E-state index in [1.54, 1.807) is 0 Å². The molecular formula is C12H22F3N3. The Morgan fingerprint density at radius 1 is 1.17 bits per heavy atom. The third-order valence-electron chi connectivity index (χ3n) is 4.07. The molecule has 0 amide bonds. The monoisotopic (exact) mass is 265 g/mol. The highest BCUT2D eigenvalue weighted by molar-refractivity contribution is 4.86. The van der Waals surface area contributed by atoms with Crippen LogP contribution in [0.2, 0.25) is 0 Å². The molecule has 0 aliphatic carbocycles. The molecule has 0 aromatic carbocycles. The molecule has 2 rings (SSSR count). The van der Waals surface area contributed by atoms with Crippen LogP contribution in [0.25, 0.3) is 0 Å². The quantitative estimate of drug-likeness (QED) is 0.808. The summed E-state index contributed by atoms with van der Waals surface area (Å²) in [5, 5.41) is 3.38. The van der Waals surface area contributed by atoms with Crippen LogP contribution in [0.5, 0.6) is 0 Å². The van der Waals surface area contributed by atoms with Crippen molar-refractivity contribution in [2.24, 2.45) is 5.92 Å². The lowest BCUT2D eigenvalue weighted by Crippen LogP contribution is -2.57. The third-order valence-corrected chi connectivity index (χ3v) is 4.07. The predicted octanol–water partition coefficient (Wildman–Crippen LogP) is 1.16. The Hall–Kier alpha value is -0.330. The highest BCUT2D eigenvalue weighted by Crippen LogP contribution is 2.21. The van der Waals surface area contributed by atoms with E-state index in [-0.39, 0.29) is 0 Å². The van der Waals surface area contributed by atoms with Gasteiger partial charge in [-0.1, -0.05) is 6.92 Å². The molecule has 3 nitrogen and oxygen atoms in total. The summed E-state index contributed by atoms with van der Waals surface area (Å²) in [7, 11) is 0. The summed E-state index contributed by atoms with van der Waals surface area (Å²) < 4.78 is 36.9. The number of alkyl halides is 3. The lowest BCUT2D eigenvalue weighted by Gasteiger charge is -2.43. The maximum Gasteiger partial charge on any atom is 0.401 e. The van der Waals surface area contributed by atoms with Crippen LogP contribution in [0.15, 0.2) is 0 Å². The molecule has 106 valence electrons. The minimum absolute atomic E-state index is 0.492. The number of halogens is 3. The van der Waals surface area contributed by atoms with E-state index in [1.165, 1.54) is 4.90 Å². The molecule has 2 aliphatic rings. The van der Waals surface area contributed by atoms with Crippen LogP contribution in [-0.2, 0) is 0 Å². The second kappa shape index (κ2) is 5.75. The highest BCUT2D eigenvalue weighted by Gasteiger charge is 2.34. The van der Waals surface area contributed by atoms with Crippen molar-refractivity contribution in [3.05, 3.63) is 0 Å². The first-order valence-electron chi connectivity index (χ1n) is 6.69. The van der Waals surface area contributed by atoms with Gasteiger partial charge in [-0.2, -0.15) is 13.2 Å². The molecule has 0 aromatic heterocycles. The van der Waals surface area contributed by atoms with E-state index >= 15 is 0 Å². The summed E-state index contributed by atoms with van der Waals surface area (Å²) >= 11 is 0. The molecular weight excluding hydrogens is 243 g/mol. The molecule has 0 radical (unpaired) electrons. The Labute approximate surface area is 106 Å². The van der Waals surface area contributed by atoms with Gasteiger partial charge in [0.2, 0.25) is 0 Å². The van der Waals surface area contributed by atoms with Crippen molar-refractivity contribution in [1.82, 2.24) is 15.1 Å². The highest BCUT2D eigenvalue weighted by atomic mass is 19.4. The Bertz CT molecular complexity index is 262. The lowest BCUT2D eigenvalue weighted by molar-refractivity contribution is -0.150. The van der Waals surface area contributed by atoms with Crippen molar-refractivity contribution in [2.75, 3.05) is 45.8 Å². The summed E-state index contributed by atoms with van der Waals surface area (Å²) in [5.41, 5.74) is 0. The standard InChI is InChI=1S/C12H22F3N3/c1-10-2-3-16-8-11(10)18-6-4-17(5-7-18)9-12(13,14)15/h10-11,16H,2-9H2,1H3. The lowest BCUT2D eigenvalue weighted by atomic mass is 9.93. The molecule has 2 heterocycles. The van der Waals surface area contributed by atoms with Crippen molar-refractivity contribution in [3.63, 3.8) is 0 Å². The zero-order valence-electron chi connectivity index (χ0n) is 10.8. The number of rotatable bonds is 2. The van der Waals surface area contributed by atoms with Gasteiger partial charge < -0.3 is 5.32 Å². The summed E-state index contributed by atoms with van der Waals surface area (Å²) in [6, 6.07) is 0.492. The predicted molar refractivity (Wildman–Crippen MR) is 64.5 cm³/mol. The molecule has 2 aliphatic heterocycles. The van der Waals surface area contributed by atoms with Crippen molar-refractivity contribution < 1.29 is 13.2 Å². The van der Waals surface area contributed by atoms with Gasteiger partial charge in [-0.05, 0) is 18.9 Å². The summed E-state index contributed by atoms with van der Waals surface area (Å²) in [5.74, 6) is 0.639. The van der Waals surface area contributed by atoms with Gasteiger partial charge in [0.1, 0.15) is 0 Å². The molecule has 2 unspecified atom stereocenters. The smallest absolute Gasteiger partial charge is 0.315 e. The van der Waals surface area contributed by atoms with Crippen molar-refractivity contribution in [3.8, 4) is 0 Å². The number of piperazine rings is 1. The molecule has 1 N–H and O–H groups in total. The molecule has 2 fully saturated rings. The summed E-state index contributed by atoms with van der Waals surface area (Å²) in [6.07, 6.45) is -2.91. The fraction of sp³-hybridized carbons (Fsp3) is 1.00. The van der Waals surface area contributed by atoms with Crippen LogP contribution in [0.1, 0.15) is 13.3 Å². The van der Waals surface area contributed by atoms with Crippen molar-refractivity contribution in [2.45, 2.75) is 25.6 Å². The second-order valence-electron chi connectivity index (χ2n) is 5.46. The summed E-state index contributed by atoms with van der Waals surface area (Å²) in [4.78, 5) is 3.86. The van der Waals surface area contributed by atoms with Gasteiger partial charge in [0, 0.05) is 38.8 Å². The topological polar surface area (TPSA) is 18.5 Å². The maximum absolute atomic E-state index is 12.3.